The average molecular weight is 298 g/mol. The smallest absolute Gasteiger partial charge is 0.303 e. The molecule has 0 spiro atoms. The molecule has 5 nitrogen and oxygen atoms in total. The van der Waals surface area contributed by atoms with Crippen molar-refractivity contribution in [2.45, 2.75) is 25.3 Å². The van der Waals surface area contributed by atoms with Crippen molar-refractivity contribution in [3.8, 4) is 0 Å². The molecule has 22 heavy (non-hydrogen) atoms. The van der Waals surface area contributed by atoms with Crippen LogP contribution >= 0.6 is 0 Å². The van der Waals surface area contributed by atoms with Gasteiger partial charge in [-0.1, -0.05) is 36.4 Å². The van der Waals surface area contributed by atoms with Crippen LogP contribution in [0.3, 0.4) is 0 Å². The first-order chi connectivity index (χ1) is 10.6. The molecule has 5 heteroatoms. The Hall–Kier alpha value is -2.69. The first-order valence-corrected chi connectivity index (χ1v) is 7.07. The highest BCUT2D eigenvalue weighted by Gasteiger charge is 2.19. The highest BCUT2D eigenvalue weighted by molar-refractivity contribution is 5.78. The first-order valence-electron chi connectivity index (χ1n) is 7.07. The number of aromatic nitrogens is 1. The van der Waals surface area contributed by atoms with Gasteiger partial charge in [-0.15, -0.1) is 0 Å². The molecule has 2 aromatic rings. The summed E-state index contributed by atoms with van der Waals surface area (Å²) in [6.07, 6.45) is 3.44. The van der Waals surface area contributed by atoms with Gasteiger partial charge in [0.2, 0.25) is 5.91 Å². The molecule has 0 aliphatic carbocycles. The van der Waals surface area contributed by atoms with Crippen molar-refractivity contribution in [3.05, 3.63) is 66.0 Å². The Balaban J connectivity index is 1.95. The van der Waals surface area contributed by atoms with Crippen molar-refractivity contribution in [3.63, 3.8) is 0 Å². The van der Waals surface area contributed by atoms with Crippen LogP contribution < -0.4 is 5.32 Å². The molecule has 0 aliphatic rings. The second-order valence-electron chi connectivity index (χ2n) is 5.05. The Bertz CT molecular complexity index is 614. The van der Waals surface area contributed by atoms with Gasteiger partial charge in [0, 0.05) is 31.3 Å². The second-order valence-corrected chi connectivity index (χ2v) is 5.05. The number of nitrogens with one attached hydrogen (secondary N) is 1. The molecule has 0 aliphatic heterocycles. The first kappa shape index (κ1) is 15.7. The van der Waals surface area contributed by atoms with Crippen LogP contribution in [0.25, 0.3) is 0 Å². The van der Waals surface area contributed by atoms with Gasteiger partial charge in [0.05, 0.1) is 6.42 Å². The molecule has 2 N–H and O–H groups in total. The van der Waals surface area contributed by atoms with Gasteiger partial charge in [-0.3, -0.25) is 14.6 Å². The number of hydrogen-bond acceptors (Lipinski definition) is 3. The number of hydrogen-bond donors (Lipinski definition) is 2. The van der Waals surface area contributed by atoms with Gasteiger partial charge in [-0.2, -0.15) is 0 Å². The van der Waals surface area contributed by atoms with Crippen LogP contribution in [-0.4, -0.2) is 22.0 Å². The number of amides is 1. The third kappa shape index (κ3) is 5.01. The summed E-state index contributed by atoms with van der Waals surface area (Å²) in [6, 6.07) is 12.9. The zero-order chi connectivity index (χ0) is 15.8. The SMILES string of the molecule is O=C(O)C[C@H](CC(=O)NCc1cccnc1)c1ccccc1. The summed E-state index contributed by atoms with van der Waals surface area (Å²) in [5, 5.41) is 11.8. The Morgan fingerprint density at radius 1 is 1.09 bits per heavy atom. The average Bonchev–Trinajstić information content (AvgIpc) is 2.54. The molecule has 2 rings (SSSR count). The summed E-state index contributed by atoms with van der Waals surface area (Å²) in [7, 11) is 0. The van der Waals surface area contributed by atoms with Gasteiger partial charge >= 0.3 is 5.97 Å². The van der Waals surface area contributed by atoms with E-state index < -0.39 is 5.97 Å². The van der Waals surface area contributed by atoms with Crippen LogP contribution in [0.5, 0.6) is 0 Å². The molecule has 0 fully saturated rings. The molecular formula is C17H18N2O3. The van der Waals surface area contributed by atoms with Crippen LogP contribution in [0, 0.1) is 0 Å². The number of rotatable bonds is 7. The van der Waals surface area contributed by atoms with Gasteiger partial charge < -0.3 is 10.4 Å². The van der Waals surface area contributed by atoms with Gasteiger partial charge in [-0.05, 0) is 17.2 Å². The second kappa shape index (κ2) is 7.93. The van der Waals surface area contributed by atoms with E-state index in [0.29, 0.717) is 6.54 Å². The predicted octanol–water partition coefficient (Wildman–Crippen LogP) is 2.35. The van der Waals surface area contributed by atoms with Crippen molar-refractivity contribution >= 4 is 11.9 Å². The lowest BCUT2D eigenvalue weighted by Crippen LogP contribution is -2.25. The van der Waals surface area contributed by atoms with Gasteiger partial charge in [0.25, 0.3) is 0 Å². The number of carboxylic acids is 1. The fourth-order valence-electron chi connectivity index (χ4n) is 2.24. The lowest BCUT2D eigenvalue weighted by Gasteiger charge is -2.15. The number of benzene rings is 1. The van der Waals surface area contributed by atoms with E-state index in [2.05, 4.69) is 10.3 Å². The Morgan fingerprint density at radius 3 is 2.50 bits per heavy atom. The largest absolute Gasteiger partial charge is 0.481 e. The van der Waals surface area contributed by atoms with E-state index in [9.17, 15) is 9.59 Å². The molecule has 0 radical (unpaired) electrons. The number of carbonyl (C=O) groups is 2. The molecule has 1 aromatic heterocycles. The minimum absolute atomic E-state index is 0.0652. The van der Waals surface area contributed by atoms with Gasteiger partial charge in [0.1, 0.15) is 0 Å². The van der Waals surface area contributed by atoms with Crippen molar-refractivity contribution in [2.24, 2.45) is 0 Å². The van der Waals surface area contributed by atoms with Crippen LogP contribution in [-0.2, 0) is 16.1 Å². The standard InChI is InChI=1S/C17H18N2O3/c20-16(19-12-13-5-4-8-18-11-13)9-15(10-17(21)22)14-6-2-1-3-7-14/h1-8,11,15H,9-10,12H2,(H,19,20)(H,21,22)/t15-/m0/s1. The monoisotopic (exact) mass is 298 g/mol. The fraction of sp³-hybridized carbons (Fsp3) is 0.235. The predicted molar refractivity (Wildman–Crippen MR) is 82.1 cm³/mol. The minimum Gasteiger partial charge on any atom is -0.481 e. The number of nitrogens with zero attached hydrogens (tertiary/aromatic N) is 1. The molecule has 0 saturated carbocycles. The third-order valence-electron chi connectivity index (χ3n) is 3.34. The molecule has 114 valence electrons. The highest BCUT2D eigenvalue weighted by Crippen LogP contribution is 2.23. The number of aliphatic carboxylic acids is 1. The van der Waals surface area contributed by atoms with E-state index >= 15 is 0 Å². The third-order valence-corrected chi connectivity index (χ3v) is 3.34. The Kier molecular flexibility index (Phi) is 5.65. The summed E-state index contributed by atoms with van der Waals surface area (Å²) in [4.78, 5) is 27.0. The molecule has 0 saturated heterocycles. The zero-order valence-electron chi connectivity index (χ0n) is 12.1. The molecule has 1 aromatic carbocycles. The van der Waals surface area contributed by atoms with Crippen LogP contribution in [0.15, 0.2) is 54.9 Å². The van der Waals surface area contributed by atoms with Crippen LogP contribution in [0.1, 0.15) is 29.9 Å². The highest BCUT2D eigenvalue weighted by atomic mass is 16.4. The molecule has 1 heterocycles. The Morgan fingerprint density at radius 2 is 1.86 bits per heavy atom. The molecule has 0 bridgehead atoms. The zero-order valence-corrected chi connectivity index (χ0v) is 12.1. The quantitative estimate of drug-likeness (QED) is 0.822. The van der Waals surface area contributed by atoms with E-state index in [0.717, 1.165) is 11.1 Å². The number of carbonyl (C=O) groups excluding carboxylic acids is 1. The van der Waals surface area contributed by atoms with Gasteiger partial charge in [-0.25, -0.2) is 0 Å². The van der Waals surface area contributed by atoms with E-state index in [4.69, 9.17) is 5.11 Å². The number of carboxylic acid groups (broad SMARTS) is 1. The molecule has 1 amide bonds. The topological polar surface area (TPSA) is 79.3 Å². The van der Waals surface area contributed by atoms with E-state index in [1.54, 1.807) is 18.5 Å². The van der Waals surface area contributed by atoms with E-state index in [1.165, 1.54) is 0 Å². The lowest BCUT2D eigenvalue weighted by atomic mass is 9.92. The summed E-state index contributed by atoms with van der Waals surface area (Å²) in [5.74, 6) is -1.40. The lowest BCUT2D eigenvalue weighted by molar-refractivity contribution is -0.137. The van der Waals surface area contributed by atoms with Crippen molar-refractivity contribution in [1.29, 1.82) is 0 Å². The number of pyridine rings is 1. The fourth-order valence-corrected chi connectivity index (χ4v) is 2.24. The van der Waals surface area contributed by atoms with Crippen molar-refractivity contribution in [1.82, 2.24) is 10.3 Å². The normalized spacial score (nSPS) is 11.6. The van der Waals surface area contributed by atoms with Crippen molar-refractivity contribution < 1.29 is 14.7 Å². The van der Waals surface area contributed by atoms with Gasteiger partial charge in [0.15, 0.2) is 0 Å². The maximum Gasteiger partial charge on any atom is 0.303 e. The maximum atomic E-state index is 12.1. The Labute approximate surface area is 129 Å². The summed E-state index contributed by atoms with van der Waals surface area (Å²) >= 11 is 0. The van der Waals surface area contributed by atoms with Crippen molar-refractivity contribution in [2.75, 3.05) is 0 Å². The van der Waals surface area contributed by atoms with Crippen LogP contribution in [0.2, 0.25) is 0 Å². The van der Waals surface area contributed by atoms with Crippen LogP contribution in [0.4, 0.5) is 0 Å². The van der Waals surface area contributed by atoms with E-state index in [1.807, 2.05) is 36.4 Å². The molecular weight excluding hydrogens is 280 g/mol. The maximum absolute atomic E-state index is 12.1. The summed E-state index contributed by atoms with van der Waals surface area (Å²) in [5.41, 5.74) is 1.77. The minimum atomic E-state index is -0.908. The summed E-state index contributed by atoms with van der Waals surface area (Å²) < 4.78 is 0. The van der Waals surface area contributed by atoms with E-state index in [-0.39, 0.29) is 24.7 Å². The summed E-state index contributed by atoms with van der Waals surface area (Å²) in [6.45, 7) is 0.390. The molecule has 1 atom stereocenters. The molecule has 0 unspecified atom stereocenters.